The van der Waals surface area contributed by atoms with E-state index in [1.165, 1.54) is 6.07 Å². The van der Waals surface area contributed by atoms with Crippen molar-refractivity contribution >= 4 is 12.2 Å². The summed E-state index contributed by atoms with van der Waals surface area (Å²) in [5.41, 5.74) is 1.44. The predicted octanol–water partition coefficient (Wildman–Crippen LogP) is 1.83. The van der Waals surface area contributed by atoms with Crippen molar-refractivity contribution in [3.8, 4) is 6.07 Å². The highest BCUT2D eigenvalue weighted by atomic mass is 32.1. The average Bonchev–Trinajstić information content (AvgIpc) is 2.34. The predicted molar refractivity (Wildman–Crippen MR) is 66.1 cm³/mol. The van der Waals surface area contributed by atoms with Crippen molar-refractivity contribution in [2.24, 2.45) is 0 Å². The van der Waals surface area contributed by atoms with Gasteiger partial charge >= 0.3 is 0 Å². The van der Waals surface area contributed by atoms with E-state index in [1.807, 2.05) is 12.1 Å². The van der Waals surface area contributed by atoms with Crippen LogP contribution in [0.5, 0.6) is 0 Å². The van der Waals surface area contributed by atoms with Gasteiger partial charge in [-0.15, -0.1) is 0 Å². The minimum absolute atomic E-state index is 0.203. The Morgan fingerprint density at radius 2 is 2.00 bits per heavy atom. The number of hydrogen-bond acceptors (Lipinski definition) is 3. The van der Waals surface area contributed by atoms with Gasteiger partial charge in [-0.3, -0.25) is 9.78 Å². The van der Waals surface area contributed by atoms with Crippen LogP contribution in [0, 0.1) is 16.1 Å². The smallest absolute Gasteiger partial charge is 0.251 e. The van der Waals surface area contributed by atoms with Crippen molar-refractivity contribution in [3.05, 3.63) is 62.8 Å². The van der Waals surface area contributed by atoms with E-state index < -0.39 is 0 Å². The Morgan fingerprint density at radius 1 is 1.29 bits per heavy atom. The minimum atomic E-state index is -0.203. The molecule has 0 saturated carbocycles. The maximum Gasteiger partial charge on any atom is 0.251 e. The van der Waals surface area contributed by atoms with E-state index in [0.29, 0.717) is 16.9 Å². The summed E-state index contributed by atoms with van der Waals surface area (Å²) in [5.74, 6) is 0. The molecule has 0 aliphatic heterocycles. The third kappa shape index (κ3) is 2.68. The number of rotatable bonds is 2. The second kappa shape index (κ2) is 4.76. The van der Waals surface area contributed by atoms with Crippen molar-refractivity contribution in [2.45, 2.75) is 6.54 Å². The summed E-state index contributed by atoms with van der Waals surface area (Å²) in [6, 6.07) is 10.7. The van der Waals surface area contributed by atoms with Gasteiger partial charge in [0, 0.05) is 18.8 Å². The number of nitriles is 1. The first-order valence-corrected chi connectivity index (χ1v) is 5.39. The standard InChI is InChI=1S/C12H9N3OS/c13-7-9-1-3-10(4-2-9)8-15-6-5-11(16)14-12(15)17/h1-6H,8H2,(H,14,16,17). The Balaban J connectivity index is 2.29. The van der Waals surface area contributed by atoms with Crippen molar-refractivity contribution in [1.82, 2.24) is 9.55 Å². The van der Waals surface area contributed by atoms with Gasteiger partial charge in [0.15, 0.2) is 4.77 Å². The maximum atomic E-state index is 11.0. The first kappa shape index (κ1) is 11.3. The van der Waals surface area contributed by atoms with E-state index in [0.717, 1.165) is 5.56 Å². The molecule has 17 heavy (non-hydrogen) atoms. The number of hydrogen-bond donors (Lipinski definition) is 1. The molecule has 4 nitrogen and oxygen atoms in total. The van der Waals surface area contributed by atoms with E-state index in [2.05, 4.69) is 11.1 Å². The van der Waals surface area contributed by atoms with Crippen LogP contribution in [-0.4, -0.2) is 9.55 Å². The molecule has 0 aliphatic rings. The van der Waals surface area contributed by atoms with Gasteiger partial charge < -0.3 is 4.57 Å². The number of nitrogens with one attached hydrogen (secondary N) is 1. The topological polar surface area (TPSA) is 61.6 Å². The molecule has 1 heterocycles. The number of nitrogens with zero attached hydrogens (tertiary/aromatic N) is 2. The molecule has 0 bridgehead atoms. The van der Waals surface area contributed by atoms with Crippen molar-refractivity contribution in [1.29, 1.82) is 5.26 Å². The molecular weight excluding hydrogens is 234 g/mol. The Kier molecular flexibility index (Phi) is 3.17. The normalized spacial score (nSPS) is 9.82. The lowest BCUT2D eigenvalue weighted by atomic mass is 10.1. The molecule has 1 aromatic heterocycles. The monoisotopic (exact) mass is 243 g/mol. The molecular formula is C12H9N3OS. The first-order chi connectivity index (χ1) is 8.19. The summed E-state index contributed by atoms with van der Waals surface area (Å²) in [6.07, 6.45) is 1.65. The van der Waals surface area contributed by atoms with Gasteiger partial charge in [0.2, 0.25) is 0 Å². The Hall–Kier alpha value is -2.19. The molecule has 0 unspecified atom stereocenters. The molecule has 5 heteroatoms. The van der Waals surface area contributed by atoms with Crippen LogP contribution in [-0.2, 0) is 6.54 Å². The van der Waals surface area contributed by atoms with Crippen LogP contribution in [0.3, 0.4) is 0 Å². The number of aromatic amines is 1. The van der Waals surface area contributed by atoms with Gasteiger partial charge in [-0.05, 0) is 29.9 Å². The largest absolute Gasteiger partial charge is 0.321 e. The summed E-state index contributed by atoms with van der Waals surface area (Å²) in [6.45, 7) is 0.571. The molecule has 84 valence electrons. The molecule has 0 amide bonds. The Labute approximate surface area is 103 Å². The molecule has 2 rings (SSSR count). The molecule has 0 atom stereocenters. The minimum Gasteiger partial charge on any atom is -0.321 e. The summed E-state index contributed by atoms with van der Waals surface area (Å²) < 4.78 is 2.15. The molecule has 0 radical (unpaired) electrons. The van der Waals surface area contributed by atoms with Crippen LogP contribution < -0.4 is 5.56 Å². The number of H-pyrrole nitrogens is 1. The quantitative estimate of drug-likeness (QED) is 0.818. The van der Waals surface area contributed by atoms with Gasteiger partial charge in [-0.2, -0.15) is 5.26 Å². The lowest BCUT2D eigenvalue weighted by Gasteiger charge is -2.05. The van der Waals surface area contributed by atoms with Crippen molar-refractivity contribution in [3.63, 3.8) is 0 Å². The van der Waals surface area contributed by atoms with Crippen LogP contribution in [0.15, 0.2) is 41.3 Å². The van der Waals surface area contributed by atoms with E-state index in [-0.39, 0.29) is 5.56 Å². The second-order valence-corrected chi connectivity index (χ2v) is 3.93. The van der Waals surface area contributed by atoms with Gasteiger partial charge in [-0.1, -0.05) is 12.1 Å². The molecule has 1 aromatic carbocycles. The second-order valence-electron chi connectivity index (χ2n) is 3.55. The fourth-order valence-electron chi connectivity index (χ4n) is 1.45. The zero-order chi connectivity index (χ0) is 12.3. The van der Waals surface area contributed by atoms with Gasteiger partial charge in [0.1, 0.15) is 0 Å². The van der Waals surface area contributed by atoms with Crippen LogP contribution in [0.1, 0.15) is 11.1 Å². The fourth-order valence-corrected chi connectivity index (χ4v) is 1.68. The van der Waals surface area contributed by atoms with E-state index >= 15 is 0 Å². The van der Waals surface area contributed by atoms with Gasteiger partial charge in [0.25, 0.3) is 5.56 Å². The van der Waals surface area contributed by atoms with Crippen LogP contribution in [0.25, 0.3) is 0 Å². The lowest BCUT2D eigenvalue weighted by Crippen LogP contribution is -2.11. The molecule has 2 aromatic rings. The highest BCUT2D eigenvalue weighted by Gasteiger charge is 1.97. The maximum absolute atomic E-state index is 11.0. The molecule has 0 fully saturated rings. The SMILES string of the molecule is N#Cc1ccc(Cn2ccc(=O)[nH]c2=S)cc1. The Morgan fingerprint density at radius 3 is 2.59 bits per heavy atom. The highest BCUT2D eigenvalue weighted by Crippen LogP contribution is 2.05. The molecule has 1 N–H and O–H groups in total. The lowest BCUT2D eigenvalue weighted by molar-refractivity contribution is 0.745. The Bertz CT molecular complexity index is 676. The molecule has 0 aliphatic carbocycles. The van der Waals surface area contributed by atoms with Crippen molar-refractivity contribution in [2.75, 3.05) is 0 Å². The highest BCUT2D eigenvalue weighted by molar-refractivity contribution is 7.71. The van der Waals surface area contributed by atoms with Crippen LogP contribution in [0.2, 0.25) is 0 Å². The molecule has 0 saturated heterocycles. The average molecular weight is 243 g/mol. The fraction of sp³-hybridized carbons (Fsp3) is 0.0833. The third-order valence-electron chi connectivity index (χ3n) is 2.33. The van der Waals surface area contributed by atoms with E-state index in [1.54, 1.807) is 22.9 Å². The van der Waals surface area contributed by atoms with E-state index in [9.17, 15) is 4.79 Å². The summed E-state index contributed by atoms with van der Waals surface area (Å²) in [4.78, 5) is 13.6. The zero-order valence-electron chi connectivity index (χ0n) is 8.88. The van der Waals surface area contributed by atoms with Crippen LogP contribution in [0.4, 0.5) is 0 Å². The number of benzene rings is 1. The molecule has 0 spiro atoms. The van der Waals surface area contributed by atoms with E-state index in [4.69, 9.17) is 17.5 Å². The first-order valence-electron chi connectivity index (χ1n) is 4.98. The third-order valence-corrected chi connectivity index (χ3v) is 2.67. The number of aromatic nitrogens is 2. The summed E-state index contributed by atoms with van der Waals surface area (Å²) in [5, 5.41) is 8.68. The zero-order valence-corrected chi connectivity index (χ0v) is 9.70. The summed E-state index contributed by atoms with van der Waals surface area (Å²) >= 11 is 5.04. The van der Waals surface area contributed by atoms with Crippen LogP contribution >= 0.6 is 12.2 Å². The summed E-state index contributed by atoms with van der Waals surface area (Å²) in [7, 11) is 0. The van der Waals surface area contributed by atoms with Gasteiger partial charge in [0.05, 0.1) is 11.6 Å². The van der Waals surface area contributed by atoms with Gasteiger partial charge in [-0.25, -0.2) is 0 Å². The van der Waals surface area contributed by atoms with Crippen molar-refractivity contribution < 1.29 is 0 Å².